The Morgan fingerprint density at radius 3 is 2.71 bits per heavy atom. The zero-order valence-electron chi connectivity index (χ0n) is 14.5. The number of rotatable bonds is 4. The number of hydrogen-bond acceptors (Lipinski definition) is 4. The van der Waals surface area contributed by atoms with E-state index < -0.39 is 0 Å². The average molecular weight is 344 g/mol. The van der Waals surface area contributed by atoms with Gasteiger partial charge in [0.1, 0.15) is 0 Å². The standard InChI is InChI=1S/C18H24N4OS/c1-13-4-5-15(12-22-6-8-24-9-7-22)10-17(13)20-18(23)16-11-19-21(3)14(16)2/h4-5,10-11H,6-9,12H2,1-3H3,(H,20,23). The summed E-state index contributed by atoms with van der Waals surface area (Å²) < 4.78 is 1.71. The largest absolute Gasteiger partial charge is 0.322 e. The van der Waals surface area contributed by atoms with Crippen LogP contribution in [-0.2, 0) is 13.6 Å². The molecule has 1 N–H and O–H groups in total. The van der Waals surface area contributed by atoms with Crippen molar-refractivity contribution in [1.82, 2.24) is 14.7 Å². The summed E-state index contributed by atoms with van der Waals surface area (Å²) in [5.74, 6) is 2.31. The van der Waals surface area contributed by atoms with E-state index in [0.717, 1.165) is 36.6 Å². The van der Waals surface area contributed by atoms with Gasteiger partial charge in [-0.3, -0.25) is 14.4 Å². The first-order chi connectivity index (χ1) is 11.5. The third-order valence-electron chi connectivity index (χ3n) is 4.54. The molecule has 1 aromatic carbocycles. The maximum absolute atomic E-state index is 12.5. The fraction of sp³-hybridized carbons (Fsp3) is 0.444. The first-order valence-electron chi connectivity index (χ1n) is 8.24. The van der Waals surface area contributed by atoms with Gasteiger partial charge in [-0.2, -0.15) is 16.9 Å². The highest BCUT2D eigenvalue weighted by Crippen LogP contribution is 2.21. The number of anilines is 1. The number of carbonyl (C=O) groups is 1. The van der Waals surface area contributed by atoms with Gasteiger partial charge in [-0.1, -0.05) is 12.1 Å². The van der Waals surface area contributed by atoms with E-state index in [1.54, 1.807) is 10.9 Å². The molecule has 1 fully saturated rings. The van der Waals surface area contributed by atoms with Crippen molar-refractivity contribution >= 4 is 23.4 Å². The monoisotopic (exact) mass is 344 g/mol. The minimum absolute atomic E-state index is 0.102. The molecule has 2 aromatic rings. The predicted octanol–water partition coefficient (Wildman–Crippen LogP) is 2.84. The topological polar surface area (TPSA) is 50.2 Å². The van der Waals surface area contributed by atoms with Crippen LogP contribution in [0.1, 0.15) is 27.2 Å². The van der Waals surface area contributed by atoms with Gasteiger partial charge in [-0.15, -0.1) is 0 Å². The molecule has 128 valence electrons. The van der Waals surface area contributed by atoms with Crippen molar-refractivity contribution in [2.24, 2.45) is 7.05 Å². The van der Waals surface area contributed by atoms with Gasteiger partial charge in [0.2, 0.25) is 0 Å². The van der Waals surface area contributed by atoms with Crippen LogP contribution in [0.15, 0.2) is 24.4 Å². The second kappa shape index (κ2) is 7.40. The van der Waals surface area contributed by atoms with Gasteiger partial charge in [-0.05, 0) is 31.0 Å². The van der Waals surface area contributed by atoms with Gasteiger partial charge >= 0.3 is 0 Å². The maximum atomic E-state index is 12.5. The SMILES string of the molecule is Cc1ccc(CN2CCSCC2)cc1NC(=O)c1cnn(C)c1C. The van der Waals surface area contributed by atoms with Gasteiger partial charge in [-0.25, -0.2) is 0 Å². The summed E-state index contributed by atoms with van der Waals surface area (Å²) in [6, 6.07) is 6.34. The molecule has 0 unspecified atom stereocenters. The van der Waals surface area contributed by atoms with Crippen molar-refractivity contribution in [2.45, 2.75) is 20.4 Å². The summed E-state index contributed by atoms with van der Waals surface area (Å²) in [4.78, 5) is 15.0. The number of nitrogens with one attached hydrogen (secondary N) is 1. The van der Waals surface area contributed by atoms with E-state index in [4.69, 9.17) is 0 Å². The van der Waals surface area contributed by atoms with Crippen molar-refractivity contribution < 1.29 is 4.79 Å². The van der Waals surface area contributed by atoms with E-state index in [1.807, 2.05) is 32.7 Å². The van der Waals surface area contributed by atoms with Crippen LogP contribution in [0.2, 0.25) is 0 Å². The second-order valence-electron chi connectivity index (χ2n) is 6.26. The highest BCUT2D eigenvalue weighted by Gasteiger charge is 2.15. The molecule has 0 bridgehead atoms. The Morgan fingerprint density at radius 1 is 1.29 bits per heavy atom. The second-order valence-corrected chi connectivity index (χ2v) is 7.48. The van der Waals surface area contributed by atoms with Crippen LogP contribution >= 0.6 is 11.8 Å². The lowest BCUT2D eigenvalue weighted by Gasteiger charge is -2.26. The van der Waals surface area contributed by atoms with Crippen LogP contribution in [0.25, 0.3) is 0 Å². The van der Waals surface area contributed by atoms with Crippen LogP contribution in [0.5, 0.6) is 0 Å². The maximum Gasteiger partial charge on any atom is 0.259 e. The van der Waals surface area contributed by atoms with Crippen LogP contribution in [-0.4, -0.2) is 45.2 Å². The molecule has 6 heteroatoms. The van der Waals surface area contributed by atoms with Gasteiger partial charge in [0.05, 0.1) is 11.8 Å². The van der Waals surface area contributed by atoms with Gasteiger partial charge < -0.3 is 5.32 Å². The Labute approximate surface area is 147 Å². The summed E-state index contributed by atoms with van der Waals surface area (Å²) in [6.45, 7) is 7.13. The molecule has 1 aromatic heterocycles. The van der Waals surface area contributed by atoms with E-state index in [0.29, 0.717) is 5.56 Å². The summed E-state index contributed by atoms with van der Waals surface area (Å²) in [6.07, 6.45) is 1.62. The molecule has 0 aliphatic carbocycles. The third kappa shape index (κ3) is 3.82. The molecule has 1 aliphatic rings. The van der Waals surface area contributed by atoms with Crippen molar-refractivity contribution in [3.63, 3.8) is 0 Å². The smallest absolute Gasteiger partial charge is 0.259 e. The van der Waals surface area contributed by atoms with E-state index in [9.17, 15) is 4.79 Å². The van der Waals surface area contributed by atoms with Gasteiger partial charge in [0.15, 0.2) is 0 Å². The van der Waals surface area contributed by atoms with Crippen LogP contribution in [0.3, 0.4) is 0 Å². The average Bonchev–Trinajstić information content (AvgIpc) is 2.91. The highest BCUT2D eigenvalue weighted by molar-refractivity contribution is 7.99. The predicted molar refractivity (Wildman–Crippen MR) is 99.7 cm³/mol. The van der Waals surface area contributed by atoms with Crippen LogP contribution in [0.4, 0.5) is 5.69 Å². The lowest BCUT2D eigenvalue weighted by atomic mass is 10.1. The van der Waals surface area contributed by atoms with Crippen molar-refractivity contribution in [3.05, 3.63) is 46.8 Å². The first-order valence-corrected chi connectivity index (χ1v) is 9.39. The normalized spacial score (nSPS) is 15.5. The van der Waals surface area contributed by atoms with Gasteiger partial charge in [0, 0.05) is 49.6 Å². The number of aryl methyl sites for hydroxylation is 2. The summed E-state index contributed by atoms with van der Waals surface area (Å²) in [5, 5.41) is 7.19. The fourth-order valence-corrected chi connectivity index (χ4v) is 3.81. The summed E-state index contributed by atoms with van der Waals surface area (Å²) >= 11 is 2.02. The Bertz CT molecular complexity index is 735. The van der Waals surface area contributed by atoms with Crippen LogP contribution in [0, 0.1) is 13.8 Å². The Morgan fingerprint density at radius 2 is 2.04 bits per heavy atom. The molecule has 5 nitrogen and oxygen atoms in total. The molecule has 1 amide bonds. The van der Waals surface area contributed by atoms with Crippen LogP contribution < -0.4 is 5.32 Å². The van der Waals surface area contributed by atoms with E-state index in [-0.39, 0.29) is 5.91 Å². The molecule has 0 atom stereocenters. The minimum Gasteiger partial charge on any atom is -0.322 e. The third-order valence-corrected chi connectivity index (χ3v) is 5.48. The lowest BCUT2D eigenvalue weighted by Crippen LogP contribution is -2.32. The molecular weight excluding hydrogens is 320 g/mol. The zero-order chi connectivity index (χ0) is 17.1. The Balaban J connectivity index is 1.73. The van der Waals surface area contributed by atoms with Crippen molar-refractivity contribution in [3.8, 4) is 0 Å². The van der Waals surface area contributed by atoms with E-state index in [1.165, 1.54) is 17.1 Å². The number of nitrogens with zero attached hydrogens (tertiary/aromatic N) is 3. The number of amides is 1. The Hall–Kier alpha value is -1.79. The minimum atomic E-state index is -0.102. The molecular formula is C18H24N4OS. The fourth-order valence-electron chi connectivity index (χ4n) is 2.83. The molecule has 2 heterocycles. The first kappa shape index (κ1) is 17.0. The quantitative estimate of drug-likeness (QED) is 0.927. The number of thioether (sulfide) groups is 1. The van der Waals surface area contributed by atoms with Crippen molar-refractivity contribution in [2.75, 3.05) is 29.9 Å². The van der Waals surface area contributed by atoms with Crippen molar-refractivity contribution in [1.29, 1.82) is 0 Å². The molecule has 0 radical (unpaired) electrons. The number of carbonyl (C=O) groups excluding carboxylic acids is 1. The number of aromatic nitrogens is 2. The van der Waals surface area contributed by atoms with Gasteiger partial charge in [0.25, 0.3) is 5.91 Å². The molecule has 1 aliphatic heterocycles. The molecule has 3 rings (SSSR count). The molecule has 24 heavy (non-hydrogen) atoms. The summed E-state index contributed by atoms with van der Waals surface area (Å²) in [5.41, 5.74) is 4.68. The highest BCUT2D eigenvalue weighted by atomic mass is 32.2. The zero-order valence-corrected chi connectivity index (χ0v) is 15.3. The molecule has 0 saturated carbocycles. The number of benzene rings is 1. The molecule has 1 saturated heterocycles. The van der Waals surface area contributed by atoms with E-state index in [2.05, 4.69) is 33.5 Å². The number of hydrogen-bond donors (Lipinski definition) is 1. The van der Waals surface area contributed by atoms with E-state index >= 15 is 0 Å². The Kier molecular flexibility index (Phi) is 5.26. The lowest BCUT2D eigenvalue weighted by molar-refractivity contribution is 0.102. The summed E-state index contributed by atoms with van der Waals surface area (Å²) in [7, 11) is 1.84. The molecule has 0 spiro atoms.